The van der Waals surface area contributed by atoms with Crippen molar-refractivity contribution in [1.82, 2.24) is 10.3 Å². The average molecular weight is 256 g/mol. The van der Waals surface area contributed by atoms with Crippen LogP contribution in [-0.4, -0.2) is 24.3 Å². The molecule has 1 unspecified atom stereocenters. The fourth-order valence-corrected chi connectivity index (χ4v) is 2.86. The molecule has 16 heavy (non-hydrogen) atoms. The lowest BCUT2D eigenvalue weighted by atomic mass is 10.2. The van der Waals surface area contributed by atoms with Crippen molar-refractivity contribution in [1.29, 1.82) is 0 Å². The predicted octanol–water partition coefficient (Wildman–Crippen LogP) is 0.846. The standard InChI is InChI=1S/C9H8N2O3S2/c1-14-8(13)6-2-16-9(4-12,11-6)7-3-15-5-10-7/h2-5,11H,1H3. The Hall–Kier alpha value is -1.34. The number of thioether (sulfide) groups is 1. The Morgan fingerprint density at radius 2 is 2.50 bits per heavy atom. The van der Waals surface area contributed by atoms with E-state index in [0.29, 0.717) is 5.69 Å². The normalized spacial score (nSPS) is 23.4. The molecule has 0 fully saturated rings. The number of nitrogens with one attached hydrogen (secondary N) is 1. The molecule has 5 nitrogen and oxygen atoms in total. The van der Waals surface area contributed by atoms with Gasteiger partial charge in [-0.2, -0.15) is 0 Å². The lowest BCUT2D eigenvalue weighted by Crippen LogP contribution is -2.38. The fourth-order valence-electron chi connectivity index (χ4n) is 1.26. The van der Waals surface area contributed by atoms with Crippen LogP contribution in [0.3, 0.4) is 0 Å². The second kappa shape index (κ2) is 4.26. The minimum Gasteiger partial charge on any atom is -0.464 e. The molecule has 0 bridgehead atoms. The van der Waals surface area contributed by atoms with Crippen LogP contribution in [0.2, 0.25) is 0 Å². The highest BCUT2D eigenvalue weighted by molar-refractivity contribution is 8.03. The zero-order chi connectivity index (χ0) is 11.6. The van der Waals surface area contributed by atoms with Crippen molar-refractivity contribution < 1.29 is 14.3 Å². The molecule has 0 aromatic carbocycles. The number of aldehydes is 1. The van der Waals surface area contributed by atoms with Gasteiger partial charge in [0.15, 0.2) is 11.2 Å². The topological polar surface area (TPSA) is 68.3 Å². The number of ether oxygens (including phenoxy) is 1. The summed E-state index contributed by atoms with van der Waals surface area (Å²) >= 11 is 2.59. The lowest BCUT2D eigenvalue weighted by Gasteiger charge is -2.20. The van der Waals surface area contributed by atoms with Crippen LogP contribution in [0.4, 0.5) is 0 Å². The van der Waals surface area contributed by atoms with Crippen molar-refractivity contribution in [2.24, 2.45) is 0 Å². The third-order valence-corrected chi connectivity index (χ3v) is 3.79. The molecule has 2 heterocycles. The van der Waals surface area contributed by atoms with Crippen molar-refractivity contribution >= 4 is 35.4 Å². The molecule has 1 N–H and O–H groups in total. The molecule has 1 aromatic rings. The average Bonchev–Trinajstić information content (AvgIpc) is 2.97. The van der Waals surface area contributed by atoms with Crippen molar-refractivity contribution in [2.45, 2.75) is 4.87 Å². The third-order valence-electron chi connectivity index (χ3n) is 2.07. The molecule has 0 saturated heterocycles. The van der Waals surface area contributed by atoms with Crippen LogP contribution in [0, 0.1) is 0 Å². The number of hydrogen-bond donors (Lipinski definition) is 1. The van der Waals surface area contributed by atoms with Crippen LogP contribution < -0.4 is 5.32 Å². The third kappa shape index (κ3) is 1.72. The number of esters is 1. The highest BCUT2D eigenvalue weighted by Crippen LogP contribution is 2.38. The zero-order valence-electron chi connectivity index (χ0n) is 8.30. The Labute approximate surface area is 99.9 Å². The Balaban J connectivity index is 2.24. The van der Waals surface area contributed by atoms with E-state index in [9.17, 15) is 9.59 Å². The maximum absolute atomic E-state index is 11.3. The van der Waals surface area contributed by atoms with Gasteiger partial charge in [-0.15, -0.1) is 11.3 Å². The molecule has 0 radical (unpaired) electrons. The molecule has 1 aliphatic rings. The van der Waals surface area contributed by atoms with E-state index in [4.69, 9.17) is 0 Å². The van der Waals surface area contributed by atoms with Gasteiger partial charge >= 0.3 is 5.97 Å². The van der Waals surface area contributed by atoms with E-state index in [2.05, 4.69) is 15.0 Å². The van der Waals surface area contributed by atoms with E-state index >= 15 is 0 Å². The van der Waals surface area contributed by atoms with Crippen molar-refractivity contribution in [3.63, 3.8) is 0 Å². The highest BCUT2D eigenvalue weighted by Gasteiger charge is 2.40. The van der Waals surface area contributed by atoms with Crippen LogP contribution in [0.15, 0.2) is 22.0 Å². The van der Waals surface area contributed by atoms with Gasteiger partial charge < -0.3 is 10.1 Å². The smallest absolute Gasteiger partial charge is 0.354 e. The van der Waals surface area contributed by atoms with Gasteiger partial charge in [0.05, 0.1) is 18.3 Å². The van der Waals surface area contributed by atoms with Crippen LogP contribution in [0.25, 0.3) is 0 Å². The molecule has 0 aliphatic carbocycles. The number of carbonyl (C=O) groups excluding carboxylic acids is 2. The van der Waals surface area contributed by atoms with Crippen molar-refractivity contribution in [2.75, 3.05) is 7.11 Å². The second-order valence-corrected chi connectivity index (χ2v) is 4.83. The SMILES string of the molecule is COC(=O)C1=CSC(C=O)(c2cscn2)N1. The van der Waals surface area contributed by atoms with Gasteiger partial charge in [-0.1, -0.05) is 11.8 Å². The molecule has 1 atom stereocenters. The summed E-state index contributed by atoms with van der Waals surface area (Å²) in [5, 5.41) is 6.17. The van der Waals surface area contributed by atoms with Gasteiger partial charge in [-0.3, -0.25) is 4.79 Å². The second-order valence-electron chi connectivity index (χ2n) is 2.99. The number of rotatable bonds is 3. The predicted molar refractivity (Wildman–Crippen MR) is 60.7 cm³/mol. The first-order valence-corrected chi connectivity index (χ1v) is 6.13. The van der Waals surface area contributed by atoms with Crippen LogP contribution >= 0.6 is 23.1 Å². The highest BCUT2D eigenvalue weighted by atomic mass is 32.2. The summed E-state index contributed by atoms with van der Waals surface area (Å²) in [6.07, 6.45) is 0.735. The van der Waals surface area contributed by atoms with Crippen molar-refractivity contribution in [3.8, 4) is 0 Å². The molecular weight excluding hydrogens is 248 g/mol. The summed E-state index contributed by atoms with van der Waals surface area (Å²) in [6, 6.07) is 0. The number of methoxy groups -OCH3 is 1. The fraction of sp³-hybridized carbons (Fsp3) is 0.222. The molecule has 1 aromatic heterocycles. The van der Waals surface area contributed by atoms with Gasteiger partial charge in [0, 0.05) is 10.8 Å². The van der Waals surface area contributed by atoms with E-state index in [0.717, 1.165) is 6.29 Å². The van der Waals surface area contributed by atoms with E-state index in [1.807, 2.05) is 0 Å². The van der Waals surface area contributed by atoms with Gasteiger partial charge in [0.2, 0.25) is 0 Å². The molecule has 2 rings (SSSR count). The minimum atomic E-state index is -0.997. The van der Waals surface area contributed by atoms with Gasteiger partial charge in [-0.25, -0.2) is 9.78 Å². The number of nitrogens with zero attached hydrogens (tertiary/aromatic N) is 1. The van der Waals surface area contributed by atoms with Gasteiger partial charge in [-0.05, 0) is 0 Å². The quantitative estimate of drug-likeness (QED) is 0.638. The monoisotopic (exact) mass is 256 g/mol. The van der Waals surface area contributed by atoms with E-state index < -0.39 is 10.8 Å². The Morgan fingerprint density at radius 3 is 3.06 bits per heavy atom. The summed E-state index contributed by atoms with van der Waals surface area (Å²) in [7, 11) is 1.29. The number of hydrogen-bond acceptors (Lipinski definition) is 7. The molecule has 0 saturated carbocycles. The maximum atomic E-state index is 11.3. The summed E-state index contributed by atoms with van der Waals surface area (Å²) in [4.78, 5) is 25.5. The number of thiazole rings is 1. The number of aromatic nitrogens is 1. The Kier molecular flexibility index (Phi) is 2.97. The van der Waals surface area contributed by atoms with E-state index in [1.54, 1.807) is 16.3 Å². The Morgan fingerprint density at radius 1 is 1.69 bits per heavy atom. The first kappa shape index (κ1) is 11.2. The van der Waals surface area contributed by atoms with Crippen LogP contribution in [0.5, 0.6) is 0 Å². The summed E-state index contributed by atoms with van der Waals surface area (Å²) < 4.78 is 4.57. The van der Waals surface area contributed by atoms with E-state index in [-0.39, 0.29) is 5.70 Å². The Bertz CT molecular complexity index is 444. The molecular formula is C9H8N2O3S2. The van der Waals surface area contributed by atoms with Gasteiger partial charge in [0.1, 0.15) is 5.70 Å². The summed E-state index contributed by atoms with van der Waals surface area (Å²) in [5.74, 6) is -0.494. The summed E-state index contributed by atoms with van der Waals surface area (Å²) in [6.45, 7) is 0. The zero-order valence-corrected chi connectivity index (χ0v) is 9.93. The van der Waals surface area contributed by atoms with Crippen molar-refractivity contribution in [3.05, 3.63) is 27.7 Å². The maximum Gasteiger partial charge on any atom is 0.354 e. The summed E-state index contributed by atoms with van der Waals surface area (Å²) in [5.41, 5.74) is 2.50. The largest absolute Gasteiger partial charge is 0.464 e. The van der Waals surface area contributed by atoms with Crippen LogP contribution in [0.1, 0.15) is 5.69 Å². The van der Waals surface area contributed by atoms with Gasteiger partial charge in [0.25, 0.3) is 0 Å². The molecule has 7 heteroatoms. The number of carbonyl (C=O) groups is 2. The molecule has 0 amide bonds. The first-order chi connectivity index (χ1) is 7.72. The minimum absolute atomic E-state index is 0.271. The first-order valence-electron chi connectivity index (χ1n) is 4.31. The van der Waals surface area contributed by atoms with Crippen LogP contribution in [-0.2, 0) is 19.2 Å². The molecule has 1 aliphatic heterocycles. The molecule has 0 spiro atoms. The lowest BCUT2D eigenvalue weighted by molar-refractivity contribution is -0.136. The molecule has 84 valence electrons. The van der Waals surface area contributed by atoms with E-state index in [1.165, 1.54) is 30.2 Å².